The first kappa shape index (κ1) is 13.5. The lowest BCUT2D eigenvalue weighted by Gasteiger charge is -2.24. The third kappa shape index (κ3) is 2.43. The van der Waals surface area contributed by atoms with Crippen LogP contribution in [0.1, 0.15) is 32.8 Å². The highest BCUT2D eigenvalue weighted by Crippen LogP contribution is 2.38. The van der Waals surface area contributed by atoms with Gasteiger partial charge in [0.1, 0.15) is 5.75 Å². The molecule has 102 valence electrons. The molecule has 0 aliphatic heterocycles. The van der Waals surface area contributed by atoms with Crippen LogP contribution in [0.3, 0.4) is 0 Å². The fourth-order valence-electron chi connectivity index (χ4n) is 1.99. The third-order valence-electron chi connectivity index (χ3n) is 3.75. The topological polar surface area (TPSA) is 61.3 Å². The Morgan fingerprint density at radius 3 is 2.58 bits per heavy atom. The number of rotatable bonds is 4. The minimum Gasteiger partial charge on any atom is -0.496 e. The zero-order valence-corrected chi connectivity index (χ0v) is 11.9. The van der Waals surface area contributed by atoms with Crippen LogP contribution in [0.5, 0.6) is 5.75 Å². The van der Waals surface area contributed by atoms with Crippen LogP contribution in [0.25, 0.3) is 11.1 Å². The lowest BCUT2D eigenvalue weighted by molar-refractivity contribution is 0.415. The number of hydrogen-bond donors (Lipinski definition) is 1. The number of ether oxygens (including phenoxy) is 1. The molecule has 2 aromatic rings. The van der Waals surface area contributed by atoms with Gasteiger partial charge in [0, 0.05) is 5.56 Å². The minimum atomic E-state index is 0.104. The molecule has 0 bridgehead atoms. The van der Waals surface area contributed by atoms with E-state index in [1.54, 1.807) is 13.3 Å². The van der Waals surface area contributed by atoms with Gasteiger partial charge in [-0.15, -0.1) is 0 Å². The molecule has 0 saturated carbocycles. The van der Waals surface area contributed by atoms with E-state index in [4.69, 9.17) is 15.0 Å². The molecule has 1 aromatic carbocycles. The Kier molecular flexibility index (Phi) is 3.51. The van der Waals surface area contributed by atoms with E-state index in [-0.39, 0.29) is 5.41 Å². The number of methoxy groups -OCH3 is 1. The molecular formula is C15H20N2O2. The summed E-state index contributed by atoms with van der Waals surface area (Å²) in [6, 6.07) is 6.16. The molecule has 0 aliphatic carbocycles. The summed E-state index contributed by atoms with van der Waals surface area (Å²) in [4.78, 5) is 0. The molecule has 19 heavy (non-hydrogen) atoms. The Labute approximate surface area is 113 Å². The van der Waals surface area contributed by atoms with Gasteiger partial charge in [0.2, 0.25) is 5.88 Å². The second-order valence-electron chi connectivity index (χ2n) is 5.26. The molecular weight excluding hydrogens is 240 g/mol. The summed E-state index contributed by atoms with van der Waals surface area (Å²) in [5.74, 6) is 1.08. The maximum atomic E-state index is 5.80. The summed E-state index contributed by atoms with van der Waals surface area (Å²) in [6.45, 7) is 6.61. The van der Waals surface area contributed by atoms with Crippen molar-refractivity contribution in [2.45, 2.75) is 32.6 Å². The monoisotopic (exact) mass is 260 g/mol. The maximum Gasteiger partial charge on any atom is 0.230 e. The predicted molar refractivity (Wildman–Crippen MR) is 76.2 cm³/mol. The van der Waals surface area contributed by atoms with E-state index < -0.39 is 0 Å². The lowest BCUT2D eigenvalue weighted by Crippen LogP contribution is -2.15. The SMILES string of the molecule is CCC(C)(C)c1ccc(OC)c(-c2cnoc2N)c1. The van der Waals surface area contributed by atoms with Crippen LogP contribution in [0, 0.1) is 0 Å². The van der Waals surface area contributed by atoms with E-state index in [0.717, 1.165) is 23.3 Å². The van der Waals surface area contributed by atoms with Crippen LogP contribution in [-0.2, 0) is 5.41 Å². The van der Waals surface area contributed by atoms with Crippen molar-refractivity contribution in [3.63, 3.8) is 0 Å². The quantitative estimate of drug-likeness (QED) is 0.912. The average Bonchev–Trinajstić information content (AvgIpc) is 2.84. The predicted octanol–water partition coefficient (Wildman–Crippen LogP) is 3.62. The van der Waals surface area contributed by atoms with Crippen molar-refractivity contribution in [2.24, 2.45) is 0 Å². The molecule has 0 aliphatic rings. The van der Waals surface area contributed by atoms with Gasteiger partial charge in [0.05, 0.1) is 18.9 Å². The standard InChI is InChI=1S/C15H20N2O2/c1-5-15(2,3)10-6-7-13(18-4)11(8-10)12-9-17-19-14(12)16/h6-9H,5,16H2,1-4H3. The summed E-state index contributed by atoms with van der Waals surface area (Å²) in [5, 5.41) is 3.73. The van der Waals surface area contributed by atoms with E-state index in [0.29, 0.717) is 5.88 Å². The molecule has 1 heterocycles. The summed E-state index contributed by atoms with van der Waals surface area (Å²) < 4.78 is 10.3. The van der Waals surface area contributed by atoms with Gasteiger partial charge in [-0.3, -0.25) is 0 Å². The second-order valence-corrected chi connectivity index (χ2v) is 5.26. The van der Waals surface area contributed by atoms with E-state index in [1.807, 2.05) is 6.07 Å². The Bertz CT molecular complexity index is 573. The molecule has 0 spiro atoms. The highest BCUT2D eigenvalue weighted by atomic mass is 16.5. The molecule has 0 unspecified atom stereocenters. The number of nitrogens with zero attached hydrogens (tertiary/aromatic N) is 1. The number of anilines is 1. The lowest BCUT2D eigenvalue weighted by atomic mass is 9.81. The van der Waals surface area contributed by atoms with Gasteiger partial charge < -0.3 is 15.0 Å². The van der Waals surface area contributed by atoms with Gasteiger partial charge in [-0.25, -0.2) is 0 Å². The Morgan fingerprint density at radius 2 is 2.05 bits per heavy atom. The highest BCUT2D eigenvalue weighted by molar-refractivity contribution is 5.77. The maximum absolute atomic E-state index is 5.80. The van der Waals surface area contributed by atoms with Crippen LogP contribution in [0.2, 0.25) is 0 Å². The van der Waals surface area contributed by atoms with Gasteiger partial charge in [-0.1, -0.05) is 32.0 Å². The smallest absolute Gasteiger partial charge is 0.230 e. The minimum absolute atomic E-state index is 0.104. The first-order valence-corrected chi connectivity index (χ1v) is 6.38. The van der Waals surface area contributed by atoms with E-state index >= 15 is 0 Å². The molecule has 2 rings (SSSR count). The van der Waals surface area contributed by atoms with Crippen molar-refractivity contribution in [2.75, 3.05) is 12.8 Å². The highest BCUT2D eigenvalue weighted by Gasteiger charge is 2.21. The molecule has 0 radical (unpaired) electrons. The molecule has 0 atom stereocenters. The number of nitrogen functional groups attached to an aromatic ring is 1. The average molecular weight is 260 g/mol. The third-order valence-corrected chi connectivity index (χ3v) is 3.75. The van der Waals surface area contributed by atoms with Crippen LogP contribution in [-0.4, -0.2) is 12.3 Å². The van der Waals surface area contributed by atoms with Crippen LogP contribution in [0.4, 0.5) is 5.88 Å². The van der Waals surface area contributed by atoms with Crippen LogP contribution >= 0.6 is 0 Å². The molecule has 4 heteroatoms. The molecule has 4 nitrogen and oxygen atoms in total. The van der Waals surface area contributed by atoms with Gasteiger partial charge >= 0.3 is 0 Å². The summed E-state index contributed by atoms with van der Waals surface area (Å²) in [7, 11) is 1.65. The molecule has 0 fully saturated rings. The zero-order valence-electron chi connectivity index (χ0n) is 11.9. The summed E-state index contributed by atoms with van der Waals surface area (Å²) in [5.41, 5.74) is 8.84. The van der Waals surface area contributed by atoms with Crippen molar-refractivity contribution in [3.05, 3.63) is 30.0 Å². The Morgan fingerprint density at radius 1 is 1.32 bits per heavy atom. The Balaban J connectivity index is 2.58. The van der Waals surface area contributed by atoms with Gasteiger partial charge in [0.15, 0.2) is 0 Å². The summed E-state index contributed by atoms with van der Waals surface area (Å²) in [6.07, 6.45) is 2.67. The van der Waals surface area contributed by atoms with Crippen molar-refractivity contribution in [3.8, 4) is 16.9 Å². The molecule has 0 saturated heterocycles. The fraction of sp³-hybridized carbons (Fsp3) is 0.400. The zero-order chi connectivity index (χ0) is 14.0. The largest absolute Gasteiger partial charge is 0.496 e. The summed E-state index contributed by atoms with van der Waals surface area (Å²) >= 11 is 0. The molecule has 0 amide bonds. The van der Waals surface area contributed by atoms with Crippen molar-refractivity contribution < 1.29 is 9.26 Å². The number of aromatic nitrogens is 1. The number of nitrogens with two attached hydrogens (primary N) is 1. The Hall–Kier alpha value is -1.97. The van der Waals surface area contributed by atoms with Gasteiger partial charge in [-0.05, 0) is 29.5 Å². The first-order valence-electron chi connectivity index (χ1n) is 6.38. The normalized spacial score (nSPS) is 11.6. The fourth-order valence-corrected chi connectivity index (χ4v) is 1.99. The number of hydrogen-bond acceptors (Lipinski definition) is 4. The van der Waals surface area contributed by atoms with E-state index in [1.165, 1.54) is 5.56 Å². The first-order chi connectivity index (χ1) is 8.99. The van der Waals surface area contributed by atoms with Gasteiger partial charge in [0.25, 0.3) is 0 Å². The van der Waals surface area contributed by atoms with E-state index in [9.17, 15) is 0 Å². The molecule has 2 N–H and O–H groups in total. The second kappa shape index (κ2) is 4.96. The molecule has 1 aromatic heterocycles. The van der Waals surface area contributed by atoms with Crippen molar-refractivity contribution >= 4 is 5.88 Å². The number of benzene rings is 1. The van der Waals surface area contributed by atoms with E-state index in [2.05, 4.69) is 38.1 Å². The van der Waals surface area contributed by atoms with Crippen molar-refractivity contribution in [1.82, 2.24) is 5.16 Å². The van der Waals surface area contributed by atoms with Crippen molar-refractivity contribution in [1.29, 1.82) is 0 Å². The van der Waals surface area contributed by atoms with Crippen LogP contribution in [0.15, 0.2) is 28.9 Å². The van der Waals surface area contributed by atoms with Gasteiger partial charge in [-0.2, -0.15) is 0 Å². The van der Waals surface area contributed by atoms with Crippen LogP contribution < -0.4 is 10.5 Å².